The van der Waals surface area contributed by atoms with Crippen molar-refractivity contribution in [1.29, 1.82) is 5.26 Å². The van der Waals surface area contributed by atoms with E-state index in [0.717, 1.165) is 28.3 Å². The van der Waals surface area contributed by atoms with Gasteiger partial charge in [-0.05, 0) is 61.4 Å². The predicted molar refractivity (Wildman–Crippen MR) is 138 cm³/mol. The Labute approximate surface area is 210 Å². The van der Waals surface area contributed by atoms with Crippen molar-refractivity contribution < 1.29 is 14.3 Å². The number of nitrogens with zero attached hydrogens (tertiary/aromatic N) is 4. The molecular weight excluding hydrogens is 452 g/mol. The zero-order valence-corrected chi connectivity index (χ0v) is 20.3. The molecule has 180 valence electrons. The highest BCUT2D eigenvalue weighted by atomic mass is 16.5. The number of benzene rings is 2. The minimum Gasteiger partial charge on any atom is -0.494 e. The third kappa shape index (κ3) is 4.75. The summed E-state index contributed by atoms with van der Waals surface area (Å²) in [6.07, 6.45) is 5.91. The molecule has 1 aliphatic rings. The van der Waals surface area contributed by atoms with Gasteiger partial charge in [0.1, 0.15) is 17.4 Å². The van der Waals surface area contributed by atoms with Gasteiger partial charge in [-0.2, -0.15) is 10.4 Å². The van der Waals surface area contributed by atoms with Crippen molar-refractivity contribution in [3.8, 4) is 28.8 Å². The number of nitriles is 1. The van der Waals surface area contributed by atoms with Crippen LogP contribution in [0.15, 0.2) is 90.2 Å². The van der Waals surface area contributed by atoms with Crippen LogP contribution in [0.1, 0.15) is 25.8 Å². The Morgan fingerprint density at radius 2 is 1.81 bits per heavy atom. The van der Waals surface area contributed by atoms with Crippen LogP contribution < -0.4 is 4.74 Å². The fraction of sp³-hybridized carbons (Fsp3) is 0.172. The number of hydrogen-bond donors (Lipinski definition) is 0. The first-order valence-electron chi connectivity index (χ1n) is 11.7. The Kier molecular flexibility index (Phi) is 7.26. The maximum Gasteiger partial charge on any atom is 0.271 e. The molecule has 1 aliphatic heterocycles. The average molecular weight is 479 g/mol. The van der Waals surface area contributed by atoms with E-state index in [-0.39, 0.29) is 17.7 Å². The molecule has 2 amide bonds. The van der Waals surface area contributed by atoms with Crippen molar-refractivity contribution in [1.82, 2.24) is 14.7 Å². The largest absolute Gasteiger partial charge is 0.494 e. The fourth-order valence-corrected chi connectivity index (χ4v) is 3.94. The van der Waals surface area contributed by atoms with Crippen molar-refractivity contribution in [2.45, 2.75) is 20.3 Å². The van der Waals surface area contributed by atoms with Gasteiger partial charge in [-0.3, -0.25) is 14.5 Å². The van der Waals surface area contributed by atoms with E-state index >= 15 is 0 Å². The lowest BCUT2D eigenvalue weighted by atomic mass is 9.93. The van der Waals surface area contributed by atoms with Gasteiger partial charge in [0.25, 0.3) is 11.8 Å². The Morgan fingerprint density at radius 3 is 2.44 bits per heavy atom. The summed E-state index contributed by atoms with van der Waals surface area (Å²) in [5.74, 6) is -0.320. The summed E-state index contributed by atoms with van der Waals surface area (Å²) in [4.78, 5) is 27.0. The quantitative estimate of drug-likeness (QED) is 0.255. The zero-order valence-electron chi connectivity index (χ0n) is 20.3. The van der Waals surface area contributed by atoms with Gasteiger partial charge in [0.05, 0.1) is 18.0 Å². The number of amides is 2. The van der Waals surface area contributed by atoms with E-state index in [9.17, 15) is 14.9 Å². The van der Waals surface area contributed by atoms with E-state index in [1.807, 2.05) is 66.9 Å². The number of aromatic nitrogens is 2. The first-order valence-corrected chi connectivity index (χ1v) is 11.7. The van der Waals surface area contributed by atoms with E-state index in [1.165, 1.54) is 6.08 Å². The van der Waals surface area contributed by atoms with Crippen molar-refractivity contribution in [3.63, 3.8) is 0 Å². The second kappa shape index (κ2) is 10.7. The molecule has 0 bridgehead atoms. The van der Waals surface area contributed by atoms with E-state index in [4.69, 9.17) is 9.84 Å². The molecule has 0 saturated heterocycles. The van der Waals surface area contributed by atoms with Crippen molar-refractivity contribution >= 4 is 17.9 Å². The van der Waals surface area contributed by atoms with Crippen molar-refractivity contribution in [2.24, 2.45) is 0 Å². The summed E-state index contributed by atoms with van der Waals surface area (Å²) >= 11 is 0. The van der Waals surface area contributed by atoms with Crippen molar-refractivity contribution in [3.05, 3.63) is 95.7 Å². The number of carbonyl (C=O) groups excluding carboxylic acids is 2. The van der Waals surface area contributed by atoms with E-state index in [2.05, 4.69) is 13.5 Å². The molecule has 2 aromatic carbocycles. The topological polar surface area (TPSA) is 88.2 Å². The molecule has 2 heterocycles. The molecule has 0 atom stereocenters. The van der Waals surface area contributed by atoms with Gasteiger partial charge in [0, 0.05) is 29.4 Å². The summed E-state index contributed by atoms with van der Waals surface area (Å²) in [5.41, 5.74) is 3.57. The van der Waals surface area contributed by atoms with Crippen molar-refractivity contribution in [2.75, 3.05) is 13.2 Å². The number of para-hydroxylation sites is 1. The van der Waals surface area contributed by atoms with Crippen LogP contribution in [0.4, 0.5) is 0 Å². The number of imide groups is 1. The highest BCUT2D eigenvalue weighted by molar-refractivity contribution is 6.19. The van der Waals surface area contributed by atoms with E-state index in [0.29, 0.717) is 23.4 Å². The Morgan fingerprint density at radius 1 is 1.08 bits per heavy atom. The lowest BCUT2D eigenvalue weighted by molar-refractivity contribution is -0.139. The molecule has 36 heavy (non-hydrogen) atoms. The van der Waals surface area contributed by atoms with Gasteiger partial charge < -0.3 is 4.74 Å². The molecular formula is C29H26N4O3. The molecule has 4 rings (SSSR count). The van der Waals surface area contributed by atoms with Crippen LogP contribution in [0.3, 0.4) is 0 Å². The van der Waals surface area contributed by atoms with Crippen LogP contribution in [0, 0.1) is 11.3 Å². The molecule has 1 aromatic heterocycles. The third-order valence-corrected chi connectivity index (χ3v) is 5.80. The number of ether oxygens (including phenoxy) is 1. The van der Waals surface area contributed by atoms with Gasteiger partial charge >= 0.3 is 0 Å². The van der Waals surface area contributed by atoms with Crippen LogP contribution in [-0.2, 0) is 9.59 Å². The molecule has 0 saturated carbocycles. The summed E-state index contributed by atoms with van der Waals surface area (Å²) in [6, 6.07) is 19.2. The highest BCUT2D eigenvalue weighted by Gasteiger charge is 2.35. The predicted octanol–water partition coefficient (Wildman–Crippen LogP) is 5.11. The summed E-state index contributed by atoms with van der Waals surface area (Å²) in [7, 11) is 0. The molecule has 7 heteroatoms. The minimum atomic E-state index is -0.611. The van der Waals surface area contributed by atoms with E-state index < -0.39 is 11.8 Å². The standard InChI is InChI=1S/C29H26N4O3/c1-4-15-32-28(34)25(20(3)26(18-30)29(32)35)17-22-19-33(23-9-7-6-8-10-23)31-27(22)21-11-13-24(14-12-21)36-16-5-2/h4,6-14,17,19H,1,5,15-16H2,2-3H3/b25-17+. The summed E-state index contributed by atoms with van der Waals surface area (Å²) in [5, 5.41) is 14.4. The maximum absolute atomic E-state index is 13.3. The average Bonchev–Trinajstić information content (AvgIpc) is 3.33. The lowest BCUT2D eigenvalue weighted by Crippen LogP contribution is -2.42. The Bertz CT molecular complexity index is 1410. The molecule has 7 nitrogen and oxygen atoms in total. The van der Waals surface area contributed by atoms with Gasteiger partial charge in [0.2, 0.25) is 0 Å². The molecule has 0 unspecified atom stereocenters. The van der Waals surface area contributed by atoms with Crippen LogP contribution in [0.2, 0.25) is 0 Å². The fourth-order valence-electron chi connectivity index (χ4n) is 3.94. The number of carbonyl (C=O) groups is 2. The molecule has 0 spiro atoms. The Hall–Kier alpha value is -4.70. The molecule has 0 radical (unpaired) electrons. The molecule has 0 aliphatic carbocycles. The third-order valence-electron chi connectivity index (χ3n) is 5.80. The monoisotopic (exact) mass is 478 g/mol. The summed E-state index contributed by atoms with van der Waals surface area (Å²) in [6.45, 7) is 7.95. The second-order valence-electron chi connectivity index (χ2n) is 8.27. The summed E-state index contributed by atoms with van der Waals surface area (Å²) < 4.78 is 7.45. The first-order chi connectivity index (χ1) is 17.5. The van der Waals surface area contributed by atoms with E-state index in [1.54, 1.807) is 17.7 Å². The number of hydrogen-bond acceptors (Lipinski definition) is 5. The van der Waals surface area contributed by atoms with Crippen LogP contribution in [-0.4, -0.2) is 39.6 Å². The molecule has 0 fully saturated rings. The Balaban J connectivity index is 1.86. The van der Waals surface area contributed by atoms with Crippen LogP contribution >= 0.6 is 0 Å². The number of rotatable bonds is 8. The zero-order chi connectivity index (χ0) is 25.7. The van der Waals surface area contributed by atoms with Crippen LogP contribution in [0.5, 0.6) is 5.75 Å². The first kappa shape index (κ1) is 24.4. The van der Waals surface area contributed by atoms with Crippen LogP contribution in [0.25, 0.3) is 23.0 Å². The highest BCUT2D eigenvalue weighted by Crippen LogP contribution is 2.31. The van der Waals surface area contributed by atoms with Gasteiger partial charge in [-0.1, -0.05) is 31.2 Å². The smallest absolute Gasteiger partial charge is 0.271 e. The SMILES string of the molecule is C=CCN1C(=O)C(C#N)=C(C)/C(=C\c2cn(-c3ccccc3)nc2-c2ccc(OCCC)cc2)C1=O. The maximum atomic E-state index is 13.3. The van der Waals surface area contributed by atoms with Gasteiger partial charge in [-0.15, -0.1) is 6.58 Å². The normalized spacial score (nSPS) is 14.8. The minimum absolute atomic E-state index is 0.0167. The molecule has 3 aromatic rings. The molecule has 0 N–H and O–H groups in total. The van der Waals surface area contributed by atoms with Gasteiger partial charge in [-0.25, -0.2) is 4.68 Å². The lowest BCUT2D eigenvalue weighted by Gasteiger charge is -2.26. The second-order valence-corrected chi connectivity index (χ2v) is 8.27. The van der Waals surface area contributed by atoms with Gasteiger partial charge in [0.15, 0.2) is 0 Å².